The lowest BCUT2D eigenvalue weighted by molar-refractivity contribution is 0.669. The zero-order chi connectivity index (χ0) is 36.6. The molecule has 4 nitrogen and oxygen atoms in total. The first kappa shape index (κ1) is 32.2. The molecule has 55 heavy (non-hydrogen) atoms. The van der Waals surface area contributed by atoms with E-state index < -0.39 is 0 Å². The summed E-state index contributed by atoms with van der Waals surface area (Å²) in [4.78, 5) is 15.0. The van der Waals surface area contributed by atoms with Crippen LogP contribution >= 0.6 is 0 Å². The third-order valence-electron chi connectivity index (χ3n) is 10.1. The van der Waals surface area contributed by atoms with Gasteiger partial charge in [0.05, 0.1) is 0 Å². The molecule has 0 aliphatic rings. The third-order valence-corrected chi connectivity index (χ3v) is 10.1. The van der Waals surface area contributed by atoms with Crippen LogP contribution in [0, 0.1) is 0 Å². The molecule has 2 heterocycles. The van der Waals surface area contributed by atoms with Gasteiger partial charge in [0.15, 0.2) is 17.5 Å². The molecule has 0 radical (unpaired) electrons. The summed E-state index contributed by atoms with van der Waals surface area (Å²) >= 11 is 0. The van der Waals surface area contributed by atoms with Crippen LogP contribution in [0.15, 0.2) is 205 Å². The van der Waals surface area contributed by atoms with Gasteiger partial charge in [0.1, 0.15) is 11.2 Å². The Morgan fingerprint density at radius 3 is 1.20 bits per heavy atom. The van der Waals surface area contributed by atoms with Gasteiger partial charge in [-0.1, -0.05) is 164 Å². The molecule has 0 aliphatic carbocycles. The molecule has 258 valence electrons. The highest BCUT2D eigenvalue weighted by molar-refractivity contribution is 6.12. The van der Waals surface area contributed by atoms with Gasteiger partial charge in [-0.25, -0.2) is 15.0 Å². The molecule has 0 bridgehead atoms. The van der Waals surface area contributed by atoms with Gasteiger partial charge < -0.3 is 4.42 Å². The molecule has 0 unspecified atom stereocenters. The number of aromatic nitrogens is 3. The number of benzene rings is 8. The van der Waals surface area contributed by atoms with Crippen LogP contribution in [0.25, 0.3) is 101 Å². The summed E-state index contributed by atoms with van der Waals surface area (Å²) in [6.07, 6.45) is 0. The third kappa shape index (κ3) is 6.26. The molecular formula is C51H33N3O. The summed E-state index contributed by atoms with van der Waals surface area (Å²) in [5.74, 6) is 1.85. The lowest BCUT2D eigenvalue weighted by Crippen LogP contribution is -2.00. The van der Waals surface area contributed by atoms with E-state index >= 15 is 0 Å². The zero-order valence-corrected chi connectivity index (χ0v) is 29.8. The van der Waals surface area contributed by atoms with Crippen molar-refractivity contribution < 1.29 is 4.42 Å². The van der Waals surface area contributed by atoms with Crippen LogP contribution in [0.3, 0.4) is 0 Å². The average Bonchev–Trinajstić information content (AvgIpc) is 3.66. The second kappa shape index (κ2) is 13.8. The number of furan rings is 1. The molecule has 0 spiro atoms. The van der Waals surface area contributed by atoms with E-state index in [-0.39, 0.29) is 0 Å². The van der Waals surface area contributed by atoms with E-state index in [9.17, 15) is 0 Å². The minimum Gasteiger partial charge on any atom is -0.456 e. The van der Waals surface area contributed by atoms with E-state index in [1.54, 1.807) is 0 Å². The van der Waals surface area contributed by atoms with Crippen LogP contribution in [0.2, 0.25) is 0 Å². The highest BCUT2D eigenvalue weighted by atomic mass is 16.3. The van der Waals surface area contributed by atoms with E-state index in [2.05, 4.69) is 127 Å². The number of hydrogen-bond donors (Lipinski definition) is 0. The van der Waals surface area contributed by atoms with Gasteiger partial charge in [0.2, 0.25) is 0 Å². The van der Waals surface area contributed by atoms with E-state index in [1.165, 1.54) is 27.8 Å². The number of rotatable bonds is 7. The van der Waals surface area contributed by atoms with E-state index in [1.807, 2.05) is 72.8 Å². The number of nitrogens with zero attached hydrogens (tertiary/aromatic N) is 3. The predicted octanol–water partition coefficient (Wildman–Crippen LogP) is 13.4. The molecule has 10 aromatic rings. The smallest absolute Gasteiger partial charge is 0.164 e. The fourth-order valence-corrected chi connectivity index (χ4v) is 7.37. The number of fused-ring (bicyclic) bond motifs is 3. The maximum absolute atomic E-state index is 6.44. The maximum Gasteiger partial charge on any atom is 0.164 e. The fourth-order valence-electron chi connectivity index (χ4n) is 7.37. The maximum atomic E-state index is 6.44. The van der Waals surface area contributed by atoms with Crippen molar-refractivity contribution in [3.8, 4) is 78.7 Å². The van der Waals surface area contributed by atoms with Crippen molar-refractivity contribution in [2.75, 3.05) is 0 Å². The molecule has 0 saturated heterocycles. The molecule has 0 aliphatic heterocycles. The van der Waals surface area contributed by atoms with Crippen molar-refractivity contribution in [2.45, 2.75) is 0 Å². The predicted molar refractivity (Wildman–Crippen MR) is 225 cm³/mol. The molecule has 4 heteroatoms. The molecule has 0 saturated carbocycles. The quantitative estimate of drug-likeness (QED) is 0.166. The molecule has 8 aromatic carbocycles. The van der Waals surface area contributed by atoms with Crippen molar-refractivity contribution in [1.82, 2.24) is 15.0 Å². The Balaban J connectivity index is 1.06. The Hall–Kier alpha value is -7.43. The van der Waals surface area contributed by atoms with Crippen LogP contribution < -0.4 is 0 Å². The largest absolute Gasteiger partial charge is 0.456 e. The Kier molecular flexibility index (Phi) is 8.12. The second-order valence-electron chi connectivity index (χ2n) is 13.6. The van der Waals surface area contributed by atoms with E-state index in [0.29, 0.717) is 17.5 Å². The summed E-state index contributed by atoms with van der Waals surface area (Å²) in [5, 5.41) is 1.99. The Morgan fingerprint density at radius 1 is 0.273 bits per heavy atom. The van der Waals surface area contributed by atoms with Gasteiger partial charge in [-0.3, -0.25) is 0 Å². The molecular weight excluding hydrogens is 671 g/mol. The first-order valence-electron chi connectivity index (χ1n) is 18.4. The Labute approximate surface area is 319 Å². The van der Waals surface area contributed by atoms with Gasteiger partial charge in [0, 0.05) is 27.5 Å². The summed E-state index contributed by atoms with van der Waals surface area (Å²) in [6.45, 7) is 0. The van der Waals surface area contributed by atoms with Gasteiger partial charge in [-0.15, -0.1) is 0 Å². The molecule has 0 atom stereocenters. The minimum absolute atomic E-state index is 0.600. The van der Waals surface area contributed by atoms with Crippen molar-refractivity contribution in [3.63, 3.8) is 0 Å². The van der Waals surface area contributed by atoms with Gasteiger partial charge in [-0.05, 0) is 80.9 Å². The molecule has 0 N–H and O–H groups in total. The minimum atomic E-state index is 0.600. The van der Waals surface area contributed by atoms with E-state index in [0.717, 1.165) is 55.3 Å². The Bertz CT molecular complexity index is 2820. The standard InChI is InChI=1S/C51H33N3O/c1-5-14-34(15-6-1)41-30-42(35-16-7-2-8-17-35)32-43(31-41)37-26-24-36(25-27-37)40-28-29-46-45(33-40)48-44(22-13-23-47(48)55-46)51-53-49(38-18-9-3-10-19-38)52-50(54-51)39-20-11-4-12-21-39/h1-33H. The van der Waals surface area contributed by atoms with Crippen molar-refractivity contribution >= 4 is 21.9 Å². The summed E-state index contributed by atoms with van der Waals surface area (Å²) < 4.78 is 6.44. The van der Waals surface area contributed by atoms with Crippen molar-refractivity contribution in [1.29, 1.82) is 0 Å². The normalized spacial score (nSPS) is 11.3. The summed E-state index contributed by atoms with van der Waals surface area (Å²) in [7, 11) is 0. The van der Waals surface area contributed by atoms with Gasteiger partial charge >= 0.3 is 0 Å². The number of hydrogen-bond acceptors (Lipinski definition) is 4. The summed E-state index contributed by atoms with van der Waals surface area (Å²) in [6, 6.07) is 69.5. The van der Waals surface area contributed by atoms with Crippen LogP contribution in [0.4, 0.5) is 0 Å². The van der Waals surface area contributed by atoms with Crippen LogP contribution in [0.5, 0.6) is 0 Å². The Morgan fingerprint density at radius 2 is 0.691 bits per heavy atom. The van der Waals surface area contributed by atoms with Gasteiger partial charge in [-0.2, -0.15) is 0 Å². The van der Waals surface area contributed by atoms with Crippen molar-refractivity contribution in [3.05, 3.63) is 200 Å². The first-order chi connectivity index (χ1) is 27.2. The monoisotopic (exact) mass is 703 g/mol. The molecule has 2 aromatic heterocycles. The average molecular weight is 704 g/mol. The lowest BCUT2D eigenvalue weighted by atomic mass is 9.92. The zero-order valence-electron chi connectivity index (χ0n) is 29.8. The molecule has 0 amide bonds. The van der Waals surface area contributed by atoms with Gasteiger partial charge in [0.25, 0.3) is 0 Å². The topological polar surface area (TPSA) is 51.8 Å². The fraction of sp³-hybridized carbons (Fsp3) is 0. The second-order valence-corrected chi connectivity index (χ2v) is 13.6. The SMILES string of the molecule is c1ccc(-c2cc(-c3ccccc3)cc(-c3ccc(-c4ccc5oc6cccc(-c7nc(-c8ccccc8)nc(-c8ccccc8)n7)c6c5c4)cc3)c2)cc1. The van der Waals surface area contributed by atoms with Crippen molar-refractivity contribution in [2.24, 2.45) is 0 Å². The highest BCUT2D eigenvalue weighted by Gasteiger charge is 2.18. The van der Waals surface area contributed by atoms with E-state index in [4.69, 9.17) is 19.4 Å². The van der Waals surface area contributed by atoms with Crippen LogP contribution in [-0.2, 0) is 0 Å². The van der Waals surface area contributed by atoms with Crippen LogP contribution in [0.1, 0.15) is 0 Å². The first-order valence-corrected chi connectivity index (χ1v) is 18.4. The van der Waals surface area contributed by atoms with Crippen LogP contribution in [-0.4, -0.2) is 15.0 Å². The molecule has 0 fully saturated rings. The highest BCUT2D eigenvalue weighted by Crippen LogP contribution is 2.39. The lowest BCUT2D eigenvalue weighted by Gasteiger charge is -2.12. The molecule has 10 rings (SSSR count). The summed E-state index contributed by atoms with van der Waals surface area (Å²) in [5.41, 5.74) is 13.7.